The molecule has 1 N–H and O–H groups in total. The summed E-state index contributed by atoms with van der Waals surface area (Å²) in [5.41, 5.74) is 1.38. The molecule has 126 valence electrons. The number of oxime groups is 1. The molecule has 0 fully saturated rings. The molecule has 0 spiro atoms. The van der Waals surface area contributed by atoms with Crippen LogP contribution in [0.15, 0.2) is 42.1 Å². The Morgan fingerprint density at radius 3 is 2.83 bits per heavy atom. The van der Waals surface area contributed by atoms with Crippen LogP contribution < -0.4 is 5.32 Å². The van der Waals surface area contributed by atoms with Gasteiger partial charge in [0.2, 0.25) is 6.10 Å². The van der Waals surface area contributed by atoms with Crippen LogP contribution in [0.25, 0.3) is 0 Å². The van der Waals surface area contributed by atoms with E-state index >= 15 is 0 Å². The Labute approximate surface area is 138 Å². The van der Waals surface area contributed by atoms with Crippen LogP contribution >= 0.6 is 0 Å². The monoisotopic (exact) mass is 331 g/mol. The Balaban J connectivity index is 1.58. The van der Waals surface area contributed by atoms with Crippen molar-refractivity contribution in [3.63, 3.8) is 0 Å². The normalized spacial score (nSPS) is 21.0. The molecule has 1 aliphatic rings. The van der Waals surface area contributed by atoms with E-state index in [4.69, 9.17) is 4.84 Å². The highest BCUT2D eigenvalue weighted by Crippen LogP contribution is 2.23. The van der Waals surface area contributed by atoms with E-state index < -0.39 is 6.10 Å². The van der Waals surface area contributed by atoms with E-state index in [2.05, 4.69) is 20.6 Å². The van der Waals surface area contributed by atoms with E-state index in [1.807, 2.05) is 13.8 Å². The lowest BCUT2D eigenvalue weighted by Gasteiger charge is -2.17. The average molecular weight is 331 g/mol. The summed E-state index contributed by atoms with van der Waals surface area (Å²) in [7, 11) is 0. The van der Waals surface area contributed by atoms with Gasteiger partial charge in [0.1, 0.15) is 18.5 Å². The van der Waals surface area contributed by atoms with Crippen molar-refractivity contribution in [2.45, 2.75) is 26.0 Å². The highest BCUT2D eigenvalue weighted by Gasteiger charge is 2.36. The van der Waals surface area contributed by atoms with Gasteiger partial charge in [-0.2, -0.15) is 5.10 Å². The first kappa shape index (κ1) is 16.1. The second-order valence-electron chi connectivity index (χ2n) is 5.77. The highest BCUT2D eigenvalue weighted by atomic mass is 19.1. The Hall–Kier alpha value is -2.77. The van der Waals surface area contributed by atoms with Crippen molar-refractivity contribution in [2.75, 3.05) is 6.54 Å². The van der Waals surface area contributed by atoms with Gasteiger partial charge in [0.05, 0.1) is 17.7 Å². The first-order chi connectivity index (χ1) is 11.6. The largest absolute Gasteiger partial charge is 0.381 e. The fourth-order valence-electron chi connectivity index (χ4n) is 2.53. The number of carbonyl (C=O) groups excluding carboxylic acids is 1. The van der Waals surface area contributed by atoms with E-state index in [1.54, 1.807) is 23.1 Å². The number of benzene rings is 1. The molecule has 1 amide bonds. The summed E-state index contributed by atoms with van der Waals surface area (Å²) in [6.45, 7) is 4.19. The molecule has 1 aromatic heterocycles. The minimum Gasteiger partial charge on any atom is -0.381 e. The molecule has 0 radical (unpaired) electrons. The number of hydrogen-bond donors (Lipinski definition) is 1. The van der Waals surface area contributed by atoms with Crippen molar-refractivity contribution < 1.29 is 14.0 Å². The second kappa shape index (κ2) is 6.77. The fourth-order valence-corrected chi connectivity index (χ4v) is 2.53. The van der Waals surface area contributed by atoms with Crippen LogP contribution in [-0.4, -0.2) is 39.0 Å². The SMILES string of the molecule is C[C@@H]1C(c2ccc(F)cc2)=NO[C@H]1C(=O)NC[C@@H](C)n1cncn1. The molecule has 0 aliphatic carbocycles. The lowest BCUT2D eigenvalue weighted by atomic mass is 9.94. The lowest BCUT2D eigenvalue weighted by molar-refractivity contribution is -0.132. The molecule has 24 heavy (non-hydrogen) atoms. The number of nitrogens with one attached hydrogen (secondary N) is 1. The van der Waals surface area contributed by atoms with E-state index in [9.17, 15) is 9.18 Å². The zero-order valence-corrected chi connectivity index (χ0v) is 13.4. The van der Waals surface area contributed by atoms with Crippen LogP contribution in [0, 0.1) is 11.7 Å². The maximum atomic E-state index is 13.0. The van der Waals surface area contributed by atoms with Gasteiger partial charge in [-0.3, -0.25) is 4.79 Å². The molecule has 0 bridgehead atoms. The van der Waals surface area contributed by atoms with Crippen LogP contribution in [0.4, 0.5) is 4.39 Å². The third-order valence-corrected chi connectivity index (χ3v) is 4.01. The molecule has 1 aromatic carbocycles. The van der Waals surface area contributed by atoms with Crippen molar-refractivity contribution in [3.8, 4) is 0 Å². The van der Waals surface area contributed by atoms with Gasteiger partial charge >= 0.3 is 0 Å². The zero-order valence-electron chi connectivity index (χ0n) is 13.4. The summed E-state index contributed by atoms with van der Waals surface area (Å²) in [6, 6.07) is 5.95. The molecular formula is C16H18FN5O2. The molecule has 0 unspecified atom stereocenters. The quantitative estimate of drug-likeness (QED) is 0.901. The zero-order chi connectivity index (χ0) is 17.1. The summed E-state index contributed by atoms with van der Waals surface area (Å²) in [6.07, 6.45) is 2.35. The van der Waals surface area contributed by atoms with Crippen molar-refractivity contribution in [1.29, 1.82) is 0 Å². The van der Waals surface area contributed by atoms with Crippen LogP contribution in [0.1, 0.15) is 25.5 Å². The van der Waals surface area contributed by atoms with Crippen molar-refractivity contribution in [2.24, 2.45) is 11.1 Å². The topological polar surface area (TPSA) is 81.4 Å². The van der Waals surface area contributed by atoms with E-state index in [0.717, 1.165) is 5.56 Å². The molecule has 2 aromatic rings. The number of carbonyl (C=O) groups is 1. The molecule has 3 atom stereocenters. The number of rotatable bonds is 5. The Bertz CT molecular complexity index is 729. The Kier molecular flexibility index (Phi) is 4.54. The van der Waals surface area contributed by atoms with Crippen molar-refractivity contribution in [1.82, 2.24) is 20.1 Å². The van der Waals surface area contributed by atoms with Gasteiger partial charge in [-0.05, 0) is 24.6 Å². The Morgan fingerprint density at radius 1 is 1.42 bits per heavy atom. The number of halogens is 1. The number of hydrogen-bond acceptors (Lipinski definition) is 5. The van der Waals surface area contributed by atoms with Crippen LogP contribution in [0.2, 0.25) is 0 Å². The lowest BCUT2D eigenvalue weighted by Crippen LogP contribution is -2.41. The highest BCUT2D eigenvalue weighted by molar-refractivity contribution is 6.05. The van der Waals surface area contributed by atoms with Gasteiger partial charge in [0.25, 0.3) is 5.91 Å². The van der Waals surface area contributed by atoms with E-state index in [0.29, 0.717) is 12.3 Å². The van der Waals surface area contributed by atoms with Gasteiger partial charge in [0, 0.05) is 6.54 Å². The maximum Gasteiger partial charge on any atom is 0.264 e. The average Bonchev–Trinajstić information content (AvgIpc) is 3.23. The molecular weight excluding hydrogens is 313 g/mol. The molecule has 8 heteroatoms. The van der Waals surface area contributed by atoms with Gasteiger partial charge in [-0.15, -0.1) is 0 Å². The predicted molar refractivity (Wildman–Crippen MR) is 84.7 cm³/mol. The first-order valence-electron chi connectivity index (χ1n) is 7.67. The minimum absolute atomic E-state index is 0.0225. The minimum atomic E-state index is -0.701. The van der Waals surface area contributed by atoms with Gasteiger partial charge in [0.15, 0.2) is 0 Å². The van der Waals surface area contributed by atoms with E-state index in [1.165, 1.54) is 18.5 Å². The van der Waals surface area contributed by atoms with Crippen LogP contribution in [0.5, 0.6) is 0 Å². The van der Waals surface area contributed by atoms with Gasteiger partial charge in [-0.1, -0.05) is 24.2 Å². The number of aromatic nitrogens is 3. The number of nitrogens with zero attached hydrogens (tertiary/aromatic N) is 4. The number of amides is 1. The van der Waals surface area contributed by atoms with Gasteiger partial charge in [-0.25, -0.2) is 14.1 Å². The molecule has 3 rings (SSSR count). The summed E-state index contributed by atoms with van der Waals surface area (Å²) >= 11 is 0. The maximum absolute atomic E-state index is 13.0. The van der Waals surface area contributed by atoms with Crippen molar-refractivity contribution >= 4 is 11.6 Å². The fraction of sp³-hybridized carbons (Fsp3) is 0.375. The second-order valence-corrected chi connectivity index (χ2v) is 5.77. The van der Waals surface area contributed by atoms with Gasteiger partial charge < -0.3 is 10.2 Å². The predicted octanol–water partition coefficient (Wildman–Crippen LogP) is 1.53. The molecule has 2 heterocycles. The third-order valence-electron chi connectivity index (χ3n) is 4.01. The van der Waals surface area contributed by atoms with Crippen molar-refractivity contribution in [3.05, 3.63) is 48.3 Å². The summed E-state index contributed by atoms with van der Waals surface area (Å²) in [5.74, 6) is -0.783. The summed E-state index contributed by atoms with van der Waals surface area (Å²) < 4.78 is 14.7. The smallest absolute Gasteiger partial charge is 0.264 e. The van der Waals surface area contributed by atoms with E-state index in [-0.39, 0.29) is 23.7 Å². The molecule has 0 saturated heterocycles. The molecule has 1 aliphatic heterocycles. The summed E-state index contributed by atoms with van der Waals surface area (Å²) in [5, 5.41) is 10.9. The first-order valence-corrected chi connectivity index (χ1v) is 7.67. The summed E-state index contributed by atoms with van der Waals surface area (Å²) in [4.78, 5) is 21.5. The Morgan fingerprint density at radius 2 is 2.17 bits per heavy atom. The molecule has 7 nitrogen and oxygen atoms in total. The molecule has 0 saturated carbocycles. The standard InChI is InChI=1S/C16H18FN5O2/c1-10(22-9-18-8-20-22)7-19-16(23)15-11(2)14(21-24-15)12-3-5-13(17)6-4-12/h3-6,8-11,15H,7H2,1-2H3,(H,19,23)/t10-,11-,15-/m1/s1. The van der Waals surface area contributed by atoms with Crippen LogP contribution in [0.3, 0.4) is 0 Å². The third kappa shape index (κ3) is 3.27. The van der Waals surface area contributed by atoms with Crippen LogP contribution in [-0.2, 0) is 9.63 Å².